The first-order valence-corrected chi connectivity index (χ1v) is 16.4. The first-order chi connectivity index (χ1) is 17.2. The number of hydrogen-bond donors (Lipinski definition) is 0. The number of nitrogens with zero attached hydrogens (tertiary/aromatic N) is 4. The summed E-state index contributed by atoms with van der Waals surface area (Å²) in [6.45, 7) is 15.4. The molecule has 4 rings (SSSR count). The smallest absolute Gasteiger partial charge is 0.411 e. The Morgan fingerprint density at radius 1 is 1.14 bits per heavy atom. The molecule has 202 valence electrons. The van der Waals surface area contributed by atoms with Crippen molar-refractivity contribution in [1.82, 2.24) is 14.6 Å². The van der Waals surface area contributed by atoms with Crippen LogP contribution >= 0.6 is 22.6 Å². The fraction of sp³-hybridized carbons (Fsp3) is 0.538. The summed E-state index contributed by atoms with van der Waals surface area (Å²) in [5, 5.41) is 4.94. The number of aromatic nitrogens is 3. The summed E-state index contributed by atoms with van der Waals surface area (Å²) in [5.41, 5.74) is 2.36. The number of anilines is 1. The molecule has 2 aromatic heterocycles. The van der Waals surface area contributed by atoms with Crippen molar-refractivity contribution in [2.75, 3.05) is 31.2 Å². The highest BCUT2D eigenvalue weighted by Crippen LogP contribution is 2.38. The molecule has 6 nitrogen and oxygen atoms in total. The first-order valence-electron chi connectivity index (χ1n) is 12.4. The van der Waals surface area contributed by atoms with Crippen LogP contribution in [0, 0.1) is 10.5 Å². The van der Waals surface area contributed by atoms with Crippen LogP contribution in [-0.4, -0.2) is 49.2 Å². The third-order valence-electron chi connectivity index (χ3n) is 7.52. The molecule has 0 unspecified atom stereocenters. The number of halogens is 4. The summed E-state index contributed by atoms with van der Waals surface area (Å²) in [4.78, 5) is 7.07. The Balaban J connectivity index is 1.82. The van der Waals surface area contributed by atoms with E-state index in [1.807, 2.05) is 6.07 Å². The van der Waals surface area contributed by atoms with E-state index in [1.165, 1.54) is 13.0 Å². The van der Waals surface area contributed by atoms with Gasteiger partial charge in [-0.15, -0.1) is 5.10 Å². The molecule has 1 fully saturated rings. The van der Waals surface area contributed by atoms with Crippen molar-refractivity contribution < 1.29 is 22.3 Å². The molecule has 1 aromatic carbocycles. The van der Waals surface area contributed by atoms with E-state index in [4.69, 9.17) is 19.2 Å². The number of morpholine rings is 1. The predicted octanol–water partition coefficient (Wildman–Crippen LogP) is 6.61. The first kappa shape index (κ1) is 28.3. The molecule has 0 amide bonds. The van der Waals surface area contributed by atoms with Crippen LogP contribution in [0.2, 0.25) is 18.1 Å². The molecular weight excluding hydrogens is 612 g/mol. The predicted molar refractivity (Wildman–Crippen MR) is 150 cm³/mol. The van der Waals surface area contributed by atoms with E-state index in [9.17, 15) is 13.2 Å². The lowest BCUT2D eigenvalue weighted by atomic mass is 9.98. The maximum Gasteiger partial charge on any atom is 0.416 e. The third kappa shape index (κ3) is 5.99. The van der Waals surface area contributed by atoms with E-state index in [-0.39, 0.29) is 23.6 Å². The monoisotopic (exact) mass is 646 g/mol. The van der Waals surface area contributed by atoms with Crippen molar-refractivity contribution in [3.63, 3.8) is 0 Å². The van der Waals surface area contributed by atoms with Gasteiger partial charge in [-0.1, -0.05) is 32.9 Å². The van der Waals surface area contributed by atoms with Crippen LogP contribution < -0.4 is 4.90 Å². The summed E-state index contributed by atoms with van der Waals surface area (Å²) in [7, 11) is -2.09. The third-order valence-corrected chi connectivity index (χ3v) is 12.8. The molecule has 1 aliphatic heterocycles. The lowest BCUT2D eigenvalue weighted by Gasteiger charge is -2.36. The summed E-state index contributed by atoms with van der Waals surface area (Å²) in [6, 6.07) is 6.36. The lowest BCUT2D eigenvalue weighted by molar-refractivity contribution is -0.138. The molecule has 11 heteroatoms. The van der Waals surface area contributed by atoms with E-state index in [0.717, 1.165) is 34.2 Å². The Morgan fingerprint density at radius 2 is 1.81 bits per heavy atom. The number of hydrogen-bond acceptors (Lipinski definition) is 5. The van der Waals surface area contributed by atoms with Gasteiger partial charge in [0.1, 0.15) is 0 Å². The van der Waals surface area contributed by atoms with Gasteiger partial charge in [0.05, 0.1) is 40.3 Å². The number of benzene rings is 1. The zero-order chi connectivity index (χ0) is 27.2. The summed E-state index contributed by atoms with van der Waals surface area (Å²) < 4.78 is 55.7. The molecule has 0 bridgehead atoms. The molecular formula is C26H34F3IN4O2Si. The summed E-state index contributed by atoms with van der Waals surface area (Å²) >= 11 is 2.26. The SMILES string of the molecule is Cc1c(Cc2c(CO[Si](C)(C)C(C)(C)C)nc3c(I)cc(N4CCOCC4)nn23)cccc1C(F)(F)F. The van der Waals surface area contributed by atoms with Crippen LogP contribution in [0.1, 0.15) is 48.8 Å². The van der Waals surface area contributed by atoms with Crippen LogP contribution in [0.3, 0.4) is 0 Å². The topological polar surface area (TPSA) is 51.9 Å². The van der Waals surface area contributed by atoms with Gasteiger partial charge in [-0.2, -0.15) is 13.2 Å². The fourth-order valence-corrected chi connectivity index (χ4v) is 5.69. The number of imidazole rings is 1. The van der Waals surface area contributed by atoms with Gasteiger partial charge >= 0.3 is 6.18 Å². The molecule has 0 aliphatic carbocycles. The number of ether oxygens (including phenoxy) is 1. The Bertz CT molecular complexity index is 1280. The highest BCUT2D eigenvalue weighted by molar-refractivity contribution is 14.1. The largest absolute Gasteiger partial charge is 0.416 e. The van der Waals surface area contributed by atoms with Gasteiger partial charge < -0.3 is 14.1 Å². The Morgan fingerprint density at radius 3 is 2.43 bits per heavy atom. The molecule has 3 aromatic rings. The van der Waals surface area contributed by atoms with E-state index in [1.54, 1.807) is 10.6 Å². The van der Waals surface area contributed by atoms with Crippen molar-refractivity contribution in [1.29, 1.82) is 0 Å². The van der Waals surface area contributed by atoms with Crippen molar-refractivity contribution in [2.24, 2.45) is 0 Å². The Kier molecular flexibility index (Phi) is 8.00. The van der Waals surface area contributed by atoms with Crippen molar-refractivity contribution in [3.05, 3.63) is 55.9 Å². The van der Waals surface area contributed by atoms with Crippen molar-refractivity contribution >= 4 is 42.4 Å². The van der Waals surface area contributed by atoms with Crippen LogP contribution in [-0.2, 0) is 28.4 Å². The molecule has 0 saturated carbocycles. The minimum Gasteiger partial charge on any atom is -0.411 e. The van der Waals surface area contributed by atoms with Gasteiger partial charge in [0.2, 0.25) is 0 Å². The zero-order valence-corrected chi connectivity index (χ0v) is 25.3. The van der Waals surface area contributed by atoms with Crippen LogP contribution in [0.5, 0.6) is 0 Å². The van der Waals surface area contributed by atoms with Gasteiger partial charge in [0, 0.05) is 19.5 Å². The number of rotatable bonds is 6. The van der Waals surface area contributed by atoms with E-state index < -0.39 is 20.1 Å². The molecule has 37 heavy (non-hydrogen) atoms. The number of alkyl halides is 3. The van der Waals surface area contributed by atoms with Crippen LogP contribution in [0.15, 0.2) is 24.3 Å². The van der Waals surface area contributed by atoms with Gasteiger partial charge in [0.25, 0.3) is 0 Å². The van der Waals surface area contributed by atoms with E-state index in [0.29, 0.717) is 30.1 Å². The quantitative estimate of drug-likeness (QED) is 0.223. The Labute approximate surface area is 230 Å². The Hall–Kier alpha value is -1.70. The van der Waals surface area contributed by atoms with Crippen molar-refractivity contribution in [2.45, 2.75) is 65.0 Å². The van der Waals surface area contributed by atoms with Gasteiger partial charge in [-0.25, -0.2) is 9.50 Å². The second kappa shape index (κ2) is 10.5. The molecule has 0 radical (unpaired) electrons. The molecule has 0 N–H and O–H groups in total. The summed E-state index contributed by atoms with van der Waals surface area (Å²) in [5.74, 6) is 0.802. The minimum atomic E-state index is -4.41. The molecule has 1 saturated heterocycles. The average molecular weight is 647 g/mol. The lowest BCUT2D eigenvalue weighted by Crippen LogP contribution is -2.40. The van der Waals surface area contributed by atoms with E-state index >= 15 is 0 Å². The second-order valence-corrected chi connectivity index (χ2v) is 17.0. The summed E-state index contributed by atoms with van der Waals surface area (Å²) in [6.07, 6.45) is -4.15. The van der Waals surface area contributed by atoms with Gasteiger partial charge in [0.15, 0.2) is 19.8 Å². The minimum absolute atomic E-state index is 0.0140. The molecule has 0 atom stereocenters. The fourth-order valence-electron chi connectivity index (χ4n) is 4.13. The van der Waals surface area contributed by atoms with Gasteiger partial charge in [-0.3, -0.25) is 0 Å². The average Bonchev–Trinajstić information content (AvgIpc) is 3.16. The number of fused-ring (bicyclic) bond motifs is 1. The highest BCUT2D eigenvalue weighted by Gasteiger charge is 2.38. The van der Waals surface area contributed by atoms with Crippen molar-refractivity contribution in [3.8, 4) is 0 Å². The highest BCUT2D eigenvalue weighted by atomic mass is 127. The molecule has 3 heterocycles. The molecule has 0 spiro atoms. The zero-order valence-electron chi connectivity index (χ0n) is 22.2. The maximum atomic E-state index is 13.7. The van der Waals surface area contributed by atoms with E-state index in [2.05, 4.69) is 61.4 Å². The maximum absolute atomic E-state index is 13.7. The van der Waals surface area contributed by atoms with Gasteiger partial charge in [-0.05, 0) is 70.9 Å². The van der Waals surface area contributed by atoms with Crippen LogP contribution in [0.25, 0.3) is 5.65 Å². The van der Waals surface area contributed by atoms with Crippen LogP contribution in [0.4, 0.5) is 19.0 Å². The molecule has 1 aliphatic rings. The standard InChI is InChI=1S/C26H34F3IN4O2Si/c1-17-18(8-7-9-19(17)26(27,28)29)14-22-21(16-36-37(5,6)25(2,3)4)31-24-20(30)15-23(32-34(22)24)33-10-12-35-13-11-33/h7-9,15H,10-14,16H2,1-6H3. The normalized spacial score (nSPS) is 15.6. The second-order valence-electron chi connectivity index (χ2n) is 11.0.